The lowest BCUT2D eigenvalue weighted by Gasteiger charge is -2.18. The van der Waals surface area contributed by atoms with Crippen molar-refractivity contribution in [3.63, 3.8) is 0 Å². The number of carbonyl (C=O) groups excluding carboxylic acids is 1. The fraction of sp³-hybridized carbons (Fsp3) is 0.381. The number of likely N-dealkylation sites (tertiary alicyclic amines) is 1. The summed E-state index contributed by atoms with van der Waals surface area (Å²) in [5.74, 6) is 0.290. The molecule has 0 N–H and O–H groups in total. The van der Waals surface area contributed by atoms with Crippen LogP contribution in [-0.2, 0) is 19.4 Å². The SMILES string of the molecule is N#Cc1c2c(cn(C[C@@H]3CCN(C(=O)c4ccccc4)C3)c1=O)CCC2. The van der Waals surface area contributed by atoms with Gasteiger partial charge in [0, 0.05) is 31.4 Å². The molecule has 1 aliphatic carbocycles. The Morgan fingerprint density at radius 3 is 2.81 bits per heavy atom. The Morgan fingerprint density at radius 2 is 2.04 bits per heavy atom. The second kappa shape index (κ2) is 6.80. The van der Waals surface area contributed by atoms with Gasteiger partial charge in [0.15, 0.2) is 0 Å². The van der Waals surface area contributed by atoms with Crippen molar-refractivity contribution in [1.29, 1.82) is 5.26 Å². The Hall–Kier alpha value is -2.87. The van der Waals surface area contributed by atoms with Crippen molar-refractivity contribution < 1.29 is 4.79 Å². The average Bonchev–Trinajstić information content (AvgIpc) is 3.32. The van der Waals surface area contributed by atoms with Crippen LogP contribution < -0.4 is 5.56 Å². The van der Waals surface area contributed by atoms with Crippen molar-refractivity contribution in [2.45, 2.75) is 32.2 Å². The maximum atomic E-state index is 12.6. The van der Waals surface area contributed by atoms with E-state index in [0.29, 0.717) is 30.8 Å². The Kier molecular flexibility index (Phi) is 4.34. The quantitative estimate of drug-likeness (QED) is 0.856. The zero-order chi connectivity index (χ0) is 18.1. The van der Waals surface area contributed by atoms with Crippen molar-refractivity contribution in [3.8, 4) is 6.07 Å². The van der Waals surface area contributed by atoms with Crippen LogP contribution in [-0.4, -0.2) is 28.5 Å². The standard InChI is InChI=1S/C21H21N3O2/c22-11-19-18-8-4-7-17(18)14-24(21(19)26)13-15-9-10-23(12-15)20(25)16-5-2-1-3-6-16/h1-3,5-6,14-15H,4,7-10,12-13H2/t15-/m1/s1. The second-order valence-electron chi connectivity index (χ2n) is 7.20. The van der Waals surface area contributed by atoms with Crippen LogP contribution in [0.4, 0.5) is 0 Å². The molecule has 4 rings (SSSR count). The van der Waals surface area contributed by atoms with E-state index in [2.05, 4.69) is 6.07 Å². The Bertz CT molecular complexity index is 940. The molecule has 132 valence electrons. The number of amides is 1. The van der Waals surface area contributed by atoms with Crippen LogP contribution in [0.2, 0.25) is 0 Å². The van der Waals surface area contributed by atoms with Gasteiger partial charge < -0.3 is 9.47 Å². The Morgan fingerprint density at radius 1 is 1.23 bits per heavy atom. The van der Waals surface area contributed by atoms with Crippen LogP contribution in [0, 0.1) is 17.2 Å². The molecule has 2 aliphatic rings. The molecule has 2 aromatic rings. The molecule has 1 saturated heterocycles. The maximum Gasteiger partial charge on any atom is 0.268 e. The van der Waals surface area contributed by atoms with Crippen LogP contribution in [0.15, 0.2) is 41.3 Å². The van der Waals surface area contributed by atoms with E-state index in [1.807, 2.05) is 41.4 Å². The van der Waals surface area contributed by atoms with Crippen LogP contribution in [0.25, 0.3) is 0 Å². The van der Waals surface area contributed by atoms with Gasteiger partial charge >= 0.3 is 0 Å². The van der Waals surface area contributed by atoms with Crippen LogP contribution >= 0.6 is 0 Å². The van der Waals surface area contributed by atoms with Gasteiger partial charge in [0.25, 0.3) is 11.5 Å². The molecule has 0 saturated carbocycles. The smallest absolute Gasteiger partial charge is 0.268 e. The molecule has 0 bridgehead atoms. The summed E-state index contributed by atoms with van der Waals surface area (Å²) < 4.78 is 1.70. The van der Waals surface area contributed by atoms with E-state index >= 15 is 0 Å². The maximum absolute atomic E-state index is 12.6. The van der Waals surface area contributed by atoms with Gasteiger partial charge in [-0.3, -0.25) is 9.59 Å². The number of hydrogen-bond donors (Lipinski definition) is 0. The van der Waals surface area contributed by atoms with Crippen LogP contribution in [0.1, 0.15) is 39.9 Å². The molecule has 0 spiro atoms. The highest BCUT2D eigenvalue weighted by Crippen LogP contribution is 2.24. The predicted octanol–water partition coefficient (Wildman–Crippen LogP) is 2.37. The lowest BCUT2D eigenvalue weighted by molar-refractivity contribution is 0.0786. The van der Waals surface area contributed by atoms with Gasteiger partial charge in [-0.2, -0.15) is 5.26 Å². The predicted molar refractivity (Wildman–Crippen MR) is 97.9 cm³/mol. The van der Waals surface area contributed by atoms with Gasteiger partial charge in [-0.25, -0.2) is 0 Å². The number of rotatable bonds is 3. The third-order valence-electron chi connectivity index (χ3n) is 5.51. The van der Waals surface area contributed by atoms with E-state index < -0.39 is 0 Å². The summed E-state index contributed by atoms with van der Waals surface area (Å²) in [6, 6.07) is 11.4. The van der Waals surface area contributed by atoms with E-state index in [4.69, 9.17) is 0 Å². The Balaban J connectivity index is 1.51. The minimum Gasteiger partial charge on any atom is -0.338 e. The molecule has 1 aliphatic heterocycles. The highest BCUT2D eigenvalue weighted by molar-refractivity contribution is 5.94. The van der Waals surface area contributed by atoms with E-state index in [9.17, 15) is 14.9 Å². The summed E-state index contributed by atoms with van der Waals surface area (Å²) >= 11 is 0. The number of benzene rings is 1. The number of aryl methyl sites for hydroxylation is 1. The molecule has 0 radical (unpaired) electrons. The number of nitriles is 1. The van der Waals surface area contributed by atoms with Crippen molar-refractivity contribution in [1.82, 2.24) is 9.47 Å². The van der Waals surface area contributed by atoms with Crippen molar-refractivity contribution >= 4 is 5.91 Å². The number of carbonyl (C=O) groups is 1. The molecule has 1 atom stereocenters. The monoisotopic (exact) mass is 347 g/mol. The minimum absolute atomic E-state index is 0.0483. The van der Waals surface area contributed by atoms with E-state index in [1.165, 1.54) is 0 Å². The van der Waals surface area contributed by atoms with Gasteiger partial charge in [-0.15, -0.1) is 0 Å². The van der Waals surface area contributed by atoms with Gasteiger partial charge in [0.05, 0.1) is 0 Å². The molecule has 5 heteroatoms. The molecule has 1 amide bonds. The van der Waals surface area contributed by atoms with Crippen molar-refractivity contribution in [3.05, 3.63) is 69.1 Å². The largest absolute Gasteiger partial charge is 0.338 e. The molecular formula is C21H21N3O2. The lowest BCUT2D eigenvalue weighted by Crippen LogP contribution is -2.31. The zero-order valence-electron chi connectivity index (χ0n) is 14.6. The molecule has 5 nitrogen and oxygen atoms in total. The molecule has 1 fully saturated rings. The van der Waals surface area contributed by atoms with E-state index in [1.54, 1.807) is 4.57 Å². The second-order valence-corrected chi connectivity index (χ2v) is 7.20. The number of nitrogens with zero attached hydrogens (tertiary/aromatic N) is 3. The molecule has 26 heavy (non-hydrogen) atoms. The van der Waals surface area contributed by atoms with Crippen LogP contribution in [0.3, 0.4) is 0 Å². The third-order valence-corrected chi connectivity index (χ3v) is 5.51. The number of hydrogen-bond acceptors (Lipinski definition) is 3. The Labute approximate surface area is 152 Å². The average molecular weight is 347 g/mol. The molecular weight excluding hydrogens is 326 g/mol. The topological polar surface area (TPSA) is 66.1 Å². The fourth-order valence-corrected chi connectivity index (χ4v) is 4.17. The van der Waals surface area contributed by atoms with Crippen molar-refractivity contribution in [2.75, 3.05) is 13.1 Å². The number of fused-ring (bicyclic) bond motifs is 1. The summed E-state index contributed by atoms with van der Waals surface area (Å²) in [6.45, 7) is 1.93. The van der Waals surface area contributed by atoms with Gasteiger partial charge in [0.1, 0.15) is 11.6 Å². The summed E-state index contributed by atoms with van der Waals surface area (Å²) in [5, 5.41) is 9.39. The highest BCUT2D eigenvalue weighted by atomic mass is 16.2. The molecule has 1 aromatic carbocycles. The summed E-state index contributed by atoms with van der Waals surface area (Å²) in [6.07, 6.45) is 5.60. The fourth-order valence-electron chi connectivity index (χ4n) is 4.17. The van der Waals surface area contributed by atoms with Crippen LogP contribution in [0.5, 0.6) is 0 Å². The number of aromatic nitrogens is 1. The molecule has 0 unspecified atom stereocenters. The minimum atomic E-state index is -0.180. The first-order valence-corrected chi connectivity index (χ1v) is 9.17. The number of pyridine rings is 1. The van der Waals surface area contributed by atoms with Gasteiger partial charge in [-0.1, -0.05) is 18.2 Å². The lowest BCUT2D eigenvalue weighted by atomic mass is 10.1. The first-order chi connectivity index (χ1) is 12.7. The van der Waals surface area contributed by atoms with Gasteiger partial charge in [0.2, 0.25) is 0 Å². The van der Waals surface area contributed by atoms with Crippen molar-refractivity contribution in [2.24, 2.45) is 5.92 Å². The van der Waals surface area contributed by atoms with E-state index in [0.717, 1.165) is 36.8 Å². The molecule has 2 heterocycles. The highest BCUT2D eigenvalue weighted by Gasteiger charge is 2.28. The zero-order valence-corrected chi connectivity index (χ0v) is 14.6. The van der Waals surface area contributed by atoms with Gasteiger partial charge in [-0.05, 0) is 54.9 Å². The molecule has 1 aromatic heterocycles. The normalized spacial score (nSPS) is 18.6. The summed E-state index contributed by atoms with van der Waals surface area (Å²) in [7, 11) is 0. The first-order valence-electron chi connectivity index (χ1n) is 9.17. The third kappa shape index (κ3) is 2.92. The summed E-state index contributed by atoms with van der Waals surface area (Å²) in [5.41, 5.74) is 2.92. The summed E-state index contributed by atoms with van der Waals surface area (Å²) in [4.78, 5) is 27.1. The van der Waals surface area contributed by atoms with E-state index in [-0.39, 0.29) is 17.4 Å². The first kappa shape index (κ1) is 16.6.